The van der Waals surface area contributed by atoms with Gasteiger partial charge in [-0.25, -0.2) is 9.78 Å². The normalized spacial score (nSPS) is 21.4. The highest BCUT2D eigenvalue weighted by atomic mass is 35.5. The summed E-state index contributed by atoms with van der Waals surface area (Å²) < 4.78 is 5.31. The number of carbonyl (C=O) groups excluding carboxylic acids is 1. The van der Waals surface area contributed by atoms with E-state index in [4.69, 9.17) is 16.3 Å². The van der Waals surface area contributed by atoms with Crippen LogP contribution in [-0.4, -0.2) is 35.8 Å². The third-order valence-corrected chi connectivity index (χ3v) is 4.28. The van der Waals surface area contributed by atoms with Gasteiger partial charge in [0.05, 0.1) is 6.04 Å². The van der Waals surface area contributed by atoms with Crippen molar-refractivity contribution in [2.75, 3.05) is 18.0 Å². The summed E-state index contributed by atoms with van der Waals surface area (Å²) >= 11 is 6.17. The molecule has 1 saturated heterocycles. The molecule has 23 heavy (non-hydrogen) atoms. The van der Waals surface area contributed by atoms with Gasteiger partial charge < -0.3 is 15.0 Å². The van der Waals surface area contributed by atoms with Crippen molar-refractivity contribution in [1.29, 1.82) is 0 Å². The Morgan fingerprint density at radius 1 is 1.35 bits per heavy atom. The summed E-state index contributed by atoms with van der Waals surface area (Å²) in [4.78, 5) is 18.5. The van der Waals surface area contributed by atoms with Gasteiger partial charge in [-0.1, -0.05) is 11.6 Å². The van der Waals surface area contributed by atoms with Crippen molar-refractivity contribution in [3.8, 4) is 0 Å². The summed E-state index contributed by atoms with van der Waals surface area (Å²) in [6.07, 6.45) is 3.00. The van der Waals surface area contributed by atoms with Gasteiger partial charge in [0, 0.05) is 13.1 Å². The van der Waals surface area contributed by atoms with Crippen molar-refractivity contribution in [3.05, 3.63) is 22.8 Å². The van der Waals surface area contributed by atoms with Gasteiger partial charge in [-0.3, -0.25) is 0 Å². The Morgan fingerprint density at radius 3 is 2.74 bits per heavy atom. The van der Waals surface area contributed by atoms with Crippen molar-refractivity contribution < 1.29 is 9.53 Å². The summed E-state index contributed by atoms with van der Waals surface area (Å²) in [5, 5.41) is 3.48. The highest BCUT2D eigenvalue weighted by Crippen LogP contribution is 2.41. The predicted octanol–water partition coefficient (Wildman–Crippen LogP) is 3.72. The molecule has 0 spiro atoms. The van der Waals surface area contributed by atoms with E-state index in [0.29, 0.717) is 11.1 Å². The Labute approximate surface area is 142 Å². The zero-order chi connectivity index (χ0) is 16.6. The maximum absolute atomic E-state index is 11.9. The zero-order valence-electron chi connectivity index (χ0n) is 13.9. The fraction of sp³-hybridized carbons (Fsp3) is 0.647. The first-order valence-electron chi connectivity index (χ1n) is 8.22. The minimum absolute atomic E-state index is 0.0787. The maximum atomic E-state index is 11.9. The van der Waals surface area contributed by atoms with Gasteiger partial charge in [0.2, 0.25) is 0 Å². The van der Waals surface area contributed by atoms with Crippen molar-refractivity contribution in [2.45, 2.75) is 57.6 Å². The summed E-state index contributed by atoms with van der Waals surface area (Å²) in [7, 11) is 0. The highest BCUT2D eigenvalue weighted by molar-refractivity contribution is 6.29. The smallest absolute Gasteiger partial charge is 0.407 e. The Balaban J connectivity index is 1.60. The van der Waals surface area contributed by atoms with E-state index in [-0.39, 0.29) is 12.1 Å². The number of amides is 1. The van der Waals surface area contributed by atoms with Crippen molar-refractivity contribution in [2.24, 2.45) is 0 Å². The molecule has 2 aliphatic rings. The van der Waals surface area contributed by atoms with Crippen LogP contribution >= 0.6 is 11.6 Å². The monoisotopic (exact) mass is 337 g/mol. The van der Waals surface area contributed by atoms with Crippen molar-refractivity contribution >= 4 is 23.5 Å². The van der Waals surface area contributed by atoms with Gasteiger partial charge in [-0.05, 0) is 63.6 Å². The first kappa shape index (κ1) is 16.4. The molecule has 0 bridgehead atoms. The topological polar surface area (TPSA) is 54.5 Å². The van der Waals surface area contributed by atoms with Crippen LogP contribution in [0.2, 0.25) is 5.15 Å². The molecule has 0 unspecified atom stereocenters. The lowest BCUT2D eigenvalue weighted by molar-refractivity contribution is 0.0509. The predicted molar refractivity (Wildman–Crippen MR) is 91.2 cm³/mol. The number of hydrogen-bond acceptors (Lipinski definition) is 4. The van der Waals surface area contributed by atoms with E-state index >= 15 is 0 Å². The Kier molecular flexibility index (Phi) is 4.41. The molecule has 1 N–H and O–H groups in total. The van der Waals surface area contributed by atoms with Crippen LogP contribution in [0.1, 0.15) is 51.5 Å². The van der Waals surface area contributed by atoms with Gasteiger partial charge in [-0.2, -0.15) is 0 Å². The van der Waals surface area contributed by atoms with Crippen molar-refractivity contribution in [1.82, 2.24) is 10.3 Å². The molecule has 1 aromatic rings. The molecule has 2 fully saturated rings. The van der Waals surface area contributed by atoms with Gasteiger partial charge in [0.25, 0.3) is 0 Å². The summed E-state index contributed by atoms with van der Waals surface area (Å²) in [6.45, 7) is 7.18. The Morgan fingerprint density at radius 2 is 2.09 bits per heavy atom. The average Bonchev–Trinajstić information content (AvgIpc) is 3.17. The second kappa shape index (κ2) is 6.19. The molecule has 5 nitrogen and oxygen atoms in total. The summed E-state index contributed by atoms with van der Waals surface area (Å²) in [5.41, 5.74) is 0.805. The van der Waals surface area contributed by atoms with Gasteiger partial charge in [-0.15, -0.1) is 0 Å². The molecular weight excluding hydrogens is 314 g/mol. The van der Waals surface area contributed by atoms with Crippen LogP contribution in [0.3, 0.4) is 0 Å². The lowest BCUT2D eigenvalue weighted by atomic mass is 10.2. The number of pyridine rings is 1. The van der Waals surface area contributed by atoms with E-state index in [1.165, 1.54) is 18.4 Å². The van der Waals surface area contributed by atoms with Crippen LogP contribution in [0.25, 0.3) is 0 Å². The first-order chi connectivity index (χ1) is 10.8. The standard InChI is InChI=1S/C17H24ClN3O2/c1-17(2,3)23-16(22)19-13-6-7-21(10-13)15-9-12(11-4-5-11)8-14(18)20-15/h8-9,11,13H,4-7,10H2,1-3H3,(H,19,22)/t13-/m0/s1. The number of alkyl carbamates (subject to hydrolysis) is 1. The number of halogens is 1. The van der Waals surface area contributed by atoms with Gasteiger partial charge in [0.15, 0.2) is 0 Å². The van der Waals surface area contributed by atoms with Gasteiger partial charge >= 0.3 is 6.09 Å². The number of nitrogens with zero attached hydrogens (tertiary/aromatic N) is 2. The van der Waals surface area contributed by atoms with Crippen LogP contribution < -0.4 is 10.2 Å². The molecule has 1 saturated carbocycles. The number of hydrogen-bond donors (Lipinski definition) is 1. The third-order valence-electron chi connectivity index (χ3n) is 4.08. The van der Waals surface area contributed by atoms with E-state index in [0.717, 1.165) is 25.3 Å². The fourth-order valence-electron chi connectivity index (χ4n) is 2.88. The number of rotatable bonds is 3. The average molecular weight is 338 g/mol. The lowest BCUT2D eigenvalue weighted by Gasteiger charge is -2.22. The van der Waals surface area contributed by atoms with Crippen LogP contribution in [0, 0.1) is 0 Å². The molecule has 1 atom stereocenters. The zero-order valence-corrected chi connectivity index (χ0v) is 14.7. The summed E-state index contributed by atoms with van der Waals surface area (Å²) in [6, 6.07) is 4.18. The van der Waals surface area contributed by atoms with Crippen LogP contribution in [-0.2, 0) is 4.74 Å². The molecule has 0 aromatic carbocycles. The number of carbonyl (C=O) groups is 1. The van der Waals surface area contributed by atoms with Gasteiger partial charge in [0.1, 0.15) is 16.6 Å². The number of ether oxygens (including phenoxy) is 1. The van der Waals surface area contributed by atoms with E-state index in [1.54, 1.807) is 0 Å². The number of nitrogens with one attached hydrogen (secondary N) is 1. The van der Waals surface area contributed by atoms with E-state index in [9.17, 15) is 4.79 Å². The molecular formula is C17H24ClN3O2. The largest absolute Gasteiger partial charge is 0.444 e. The van der Waals surface area contributed by atoms with Crippen LogP contribution in [0.15, 0.2) is 12.1 Å². The Bertz CT molecular complexity index is 596. The number of aromatic nitrogens is 1. The molecule has 126 valence electrons. The third kappa shape index (κ3) is 4.50. The molecule has 1 aliphatic heterocycles. The van der Waals surface area contributed by atoms with E-state index in [2.05, 4.69) is 21.3 Å². The van der Waals surface area contributed by atoms with Crippen LogP contribution in [0.4, 0.5) is 10.6 Å². The molecule has 1 amide bonds. The highest BCUT2D eigenvalue weighted by Gasteiger charge is 2.29. The lowest BCUT2D eigenvalue weighted by Crippen LogP contribution is -2.40. The minimum atomic E-state index is -0.476. The molecule has 0 radical (unpaired) electrons. The molecule has 3 rings (SSSR count). The second-order valence-corrected chi connectivity index (χ2v) is 7.82. The first-order valence-corrected chi connectivity index (χ1v) is 8.60. The minimum Gasteiger partial charge on any atom is -0.444 e. The molecule has 1 aliphatic carbocycles. The van der Waals surface area contributed by atoms with E-state index < -0.39 is 5.60 Å². The van der Waals surface area contributed by atoms with E-state index in [1.807, 2.05) is 26.8 Å². The summed E-state index contributed by atoms with van der Waals surface area (Å²) in [5.74, 6) is 1.56. The molecule has 6 heteroatoms. The quantitative estimate of drug-likeness (QED) is 0.854. The molecule has 1 aromatic heterocycles. The SMILES string of the molecule is CC(C)(C)OC(=O)N[C@H]1CCN(c2cc(C3CC3)cc(Cl)n2)C1. The second-order valence-electron chi connectivity index (χ2n) is 7.43. The van der Waals surface area contributed by atoms with Crippen molar-refractivity contribution in [3.63, 3.8) is 0 Å². The van der Waals surface area contributed by atoms with Crippen LogP contribution in [0.5, 0.6) is 0 Å². The number of anilines is 1. The molecule has 2 heterocycles. The fourth-order valence-corrected chi connectivity index (χ4v) is 3.09. The maximum Gasteiger partial charge on any atom is 0.407 e. The Hall–Kier alpha value is -1.49.